The third-order valence-electron chi connectivity index (χ3n) is 5.23. The Hall–Kier alpha value is -2.38. The Morgan fingerprint density at radius 1 is 1.13 bits per heavy atom. The van der Waals surface area contributed by atoms with Crippen LogP contribution in [0.15, 0.2) is 42.5 Å². The predicted octanol–water partition coefficient (Wildman–Crippen LogP) is 3.48. The number of aryl methyl sites for hydroxylation is 2. The van der Waals surface area contributed by atoms with E-state index in [4.69, 9.17) is 4.74 Å². The average Bonchev–Trinajstić information content (AvgIpc) is 2.60. The number of hydrogen-bond donors (Lipinski definition) is 1. The molecule has 1 unspecified atom stereocenters. The summed E-state index contributed by atoms with van der Waals surface area (Å²) in [5.41, 5.74) is 3.50. The van der Waals surface area contributed by atoms with Gasteiger partial charge in [-0.2, -0.15) is 4.31 Å². The van der Waals surface area contributed by atoms with Gasteiger partial charge in [0.15, 0.2) is 0 Å². The van der Waals surface area contributed by atoms with Crippen molar-refractivity contribution < 1.29 is 17.9 Å². The summed E-state index contributed by atoms with van der Waals surface area (Å²) < 4.78 is 31.9. The zero-order valence-corrected chi connectivity index (χ0v) is 19.0. The van der Waals surface area contributed by atoms with Gasteiger partial charge in [-0.1, -0.05) is 42.0 Å². The Morgan fingerprint density at radius 3 is 2.40 bits per heavy atom. The van der Waals surface area contributed by atoms with Gasteiger partial charge in [-0.15, -0.1) is 0 Å². The molecule has 1 N–H and O–H groups in total. The van der Waals surface area contributed by atoms with Crippen LogP contribution in [0.3, 0.4) is 0 Å². The molecule has 0 fully saturated rings. The predicted molar refractivity (Wildman–Crippen MR) is 118 cm³/mol. The molecule has 0 radical (unpaired) electrons. The van der Waals surface area contributed by atoms with E-state index in [0.717, 1.165) is 34.3 Å². The van der Waals surface area contributed by atoms with Crippen LogP contribution in [-0.4, -0.2) is 37.0 Å². The molecule has 1 amide bonds. The third kappa shape index (κ3) is 5.61. The first-order valence-electron chi connectivity index (χ1n) is 10.0. The normalized spacial score (nSPS) is 17.9. The quantitative estimate of drug-likeness (QED) is 0.761. The van der Waals surface area contributed by atoms with Gasteiger partial charge >= 0.3 is 0 Å². The maximum Gasteiger partial charge on any atom is 0.235 e. The van der Waals surface area contributed by atoms with E-state index >= 15 is 0 Å². The van der Waals surface area contributed by atoms with E-state index in [1.807, 2.05) is 70.2 Å². The van der Waals surface area contributed by atoms with E-state index in [0.29, 0.717) is 6.42 Å². The van der Waals surface area contributed by atoms with Gasteiger partial charge in [-0.05, 0) is 44.9 Å². The Kier molecular flexibility index (Phi) is 6.24. The van der Waals surface area contributed by atoms with Gasteiger partial charge in [0, 0.05) is 18.5 Å². The molecule has 3 rings (SSSR count). The summed E-state index contributed by atoms with van der Waals surface area (Å²) in [6.07, 6.45) is 1.73. The lowest BCUT2D eigenvalue weighted by Gasteiger charge is -2.38. The number of sulfonamides is 1. The van der Waals surface area contributed by atoms with Gasteiger partial charge < -0.3 is 10.1 Å². The summed E-state index contributed by atoms with van der Waals surface area (Å²) in [5, 5.41) is 3.02. The van der Waals surface area contributed by atoms with Crippen LogP contribution in [0.5, 0.6) is 5.75 Å². The number of nitrogens with one attached hydrogen (secondary N) is 1. The van der Waals surface area contributed by atoms with Crippen molar-refractivity contribution in [1.29, 1.82) is 0 Å². The highest BCUT2D eigenvalue weighted by Gasteiger charge is 2.35. The lowest BCUT2D eigenvalue weighted by atomic mass is 9.89. The van der Waals surface area contributed by atoms with Crippen LogP contribution in [0.1, 0.15) is 48.6 Å². The van der Waals surface area contributed by atoms with Crippen LogP contribution in [0.25, 0.3) is 0 Å². The van der Waals surface area contributed by atoms with Crippen LogP contribution in [0, 0.1) is 13.8 Å². The number of fused-ring (bicyclic) bond motifs is 1. The van der Waals surface area contributed by atoms with Gasteiger partial charge in [-0.3, -0.25) is 4.79 Å². The standard InChI is InChI=1S/C23H30N2O4S/c1-16-6-9-18(10-7-16)14-25(30(5,27)28)15-22(26)24-20-13-23(3,4)29-21-12-17(2)8-11-19(20)21/h6-12,20H,13-15H2,1-5H3,(H,24,26). The number of carbonyl (C=O) groups is 1. The van der Waals surface area contributed by atoms with Crippen LogP contribution in [0.2, 0.25) is 0 Å². The minimum Gasteiger partial charge on any atom is -0.487 e. The van der Waals surface area contributed by atoms with Crippen molar-refractivity contribution in [1.82, 2.24) is 9.62 Å². The van der Waals surface area contributed by atoms with E-state index in [9.17, 15) is 13.2 Å². The Balaban J connectivity index is 1.76. The van der Waals surface area contributed by atoms with Gasteiger partial charge in [0.2, 0.25) is 15.9 Å². The number of amides is 1. The molecule has 7 heteroatoms. The fourth-order valence-corrected chi connectivity index (χ4v) is 4.41. The fraction of sp³-hybridized carbons (Fsp3) is 0.435. The first-order valence-corrected chi connectivity index (χ1v) is 11.9. The molecule has 0 bridgehead atoms. The Labute approximate surface area is 179 Å². The first-order chi connectivity index (χ1) is 13.9. The Morgan fingerprint density at radius 2 is 1.77 bits per heavy atom. The SMILES string of the molecule is Cc1ccc(CN(CC(=O)NC2CC(C)(C)Oc3cc(C)ccc32)S(C)(=O)=O)cc1. The lowest BCUT2D eigenvalue weighted by Crippen LogP contribution is -2.45. The Bertz CT molecular complexity index is 1030. The number of carbonyl (C=O) groups excluding carboxylic acids is 1. The molecular weight excluding hydrogens is 400 g/mol. The third-order valence-corrected chi connectivity index (χ3v) is 6.43. The van der Waals surface area contributed by atoms with Gasteiger partial charge in [0.1, 0.15) is 11.4 Å². The molecule has 2 aromatic rings. The van der Waals surface area contributed by atoms with Gasteiger partial charge in [-0.25, -0.2) is 8.42 Å². The molecule has 1 heterocycles. The summed E-state index contributed by atoms with van der Waals surface area (Å²) in [7, 11) is -3.55. The molecule has 1 aliphatic heterocycles. The zero-order valence-electron chi connectivity index (χ0n) is 18.2. The molecule has 6 nitrogen and oxygen atoms in total. The summed E-state index contributed by atoms with van der Waals surface area (Å²) in [6.45, 7) is 7.86. The van der Waals surface area contributed by atoms with Crippen molar-refractivity contribution in [2.24, 2.45) is 0 Å². The van der Waals surface area contributed by atoms with E-state index < -0.39 is 15.6 Å². The molecule has 30 heavy (non-hydrogen) atoms. The van der Waals surface area contributed by atoms with Crippen molar-refractivity contribution >= 4 is 15.9 Å². The number of rotatable bonds is 6. The second kappa shape index (κ2) is 8.40. The van der Waals surface area contributed by atoms with Crippen molar-refractivity contribution in [3.05, 3.63) is 64.7 Å². The van der Waals surface area contributed by atoms with Crippen LogP contribution in [-0.2, 0) is 21.4 Å². The minimum atomic E-state index is -3.55. The molecular formula is C23H30N2O4S. The molecule has 0 saturated heterocycles. The smallest absolute Gasteiger partial charge is 0.235 e. The number of benzene rings is 2. The molecule has 0 aromatic heterocycles. The number of nitrogens with zero attached hydrogens (tertiary/aromatic N) is 1. The van der Waals surface area contributed by atoms with E-state index in [-0.39, 0.29) is 25.0 Å². The largest absolute Gasteiger partial charge is 0.487 e. The van der Waals surface area contributed by atoms with Crippen molar-refractivity contribution in [2.45, 2.75) is 52.3 Å². The minimum absolute atomic E-state index is 0.154. The molecule has 0 spiro atoms. The molecule has 162 valence electrons. The number of hydrogen-bond acceptors (Lipinski definition) is 4. The first kappa shape index (κ1) is 22.3. The highest BCUT2D eigenvalue weighted by molar-refractivity contribution is 7.88. The summed E-state index contributed by atoms with van der Waals surface area (Å²) >= 11 is 0. The lowest BCUT2D eigenvalue weighted by molar-refractivity contribution is -0.122. The van der Waals surface area contributed by atoms with Gasteiger partial charge in [0.25, 0.3) is 0 Å². The van der Waals surface area contributed by atoms with Crippen molar-refractivity contribution in [2.75, 3.05) is 12.8 Å². The molecule has 0 aliphatic carbocycles. The van der Waals surface area contributed by atoms with E-state index in [1.165, 1.54) is 4.31 Å². The fourth-order valence-electron chi connectivity index (χ4n) is 3.68. The summed E-state index contributed by atoms with van der Waals surface area (Å²) in [4.78, 5) is 12.8. The van der Waals surface area contributed by atoms with Crippen molar-refractivity contribution in [3.63, 3.8) is 0 Å². The van der Waals surface area contributed by atoms with Crippen molar-refractivity contribution in [3.8, 4) is 5.75 Å². The highest BCUT2D eigenvalue weighted by Crippen LogP contribution is 2.39. The highest BCUT2D eigenvalue weighted by atomic mass is 32.2. The molecule has 0 saturated carbocycles. The van der Waals surface area contributed by atoms with Crippen LogP contribution >= 0.6 is 0 Å². The topological polar surface area (TPSA) is 75.7 Å². The van der Waals surface area contributed by atoms with E-state index in [1.54, 1.807) is 0 Å². The number of ether oxygens (including phenoxy) is 1. The van der Waals surface area contributed by atoms with Crippen LogP contribution < -0.4 is 10.1 Å². The monoisotopic (exact) mass is 430 g/mol. The second-order valence-electron chi connectivity index (χ2n) is 8.74. The summed E-state index contributed by atoms with van der Waals surface area (Å²) in [5.74, 6) is 0.429. The molecule has 1 atom stereocenters. The molecule has 2 aromatic carbocycles. The maximum atomic E-state index is 12.8. The maximum absolute atomic E-state index is 12.8. The van der Waals surface area contributed by atoms with Crippen LogP contribution in [0.4, 0.5) is 0 Å². The van der Waals surface area contributed by atoms with Gasteiger partial charge in [0.05, 0.1) is 18.8 Å². The van der Waals surface area contributed by atoms with E-state index in [2.05, 4.69) is 5.32 Å². The second-order valence-corrected chi connectivity index (χ2v) is 10.7. The average molecular weight is 431 g/mol. The summed E-state index contributed by atoms with van der Waals surface area (Å²) in [6, 6.07) is 13.3. The molecule has 1 aliphatic rings. The zero-order chi connectivity index (χ0) is 22.1.